The minimum absolute atomic E-state index is 0.337. The SMILES string of the molecule is Cc1ccc(N)c(N(C)C23CC4CC(CC(C4)C2)C3)n1. The Hall–Kier alpha value is -1.25. The summed E-state index contributed by atoms with van der Waals surface area (Å²) in [6, 6.07) is 4.01. The molecule has 0 unspecified atom stereocenters. The van der Waals surface area contributed by atoms with Crippen LogP contribution in [-0.4, -0.2) is 17.6 Å². The molecule has 4 aliphatic carbocycles. The van der Waals surface area contributed by atoms with Crippen molar-refractivity contribution in [1.82, 2.24) is 4.98 Å². The van der Waals surface area contributed by atoms with Crippen molar-refractivity contribution in [2.75, 3.05) is 17.7 Å². The Bertz CT molecular complexity index is 502. The minimum atomic E-state index is 0.337. The van der Waals surface area contributed by atoms with Gasteiger partial charge in [0.1, 0.15) is 0 Å². The average molecular weight is 271 g/mol. The van der Waals surface area contributed by atoms with E-state index in [4.69, 9.17) is 10.7 Å². The van der Waals surface area contributed by atoms with Crippen molar-refractivity contribution in [2.45, 2.75) is 51.0 Å². The van der Waals surface area contributed by atoms with Crippen molar-refractivity contribution in [3.05, 3.63) is 17.8 Å². The molecule has 108 valence electrons. The lowest BCUT2D eigenvalue weighted by atomic mass is 9.52. The molecule has 0 aliphatic heterocycles. The first kappa shape index (κ1) is 12.5. The number of rotatable bonds is 2. The molecular weight excluding hydrogens is 246 g/mol. The van der Waals surface area contributed by atoms with Crippen molar-refractivity contribution in [2.24, 2.45) is 17.8 Å². The minimum Gasteiger partial charge on any atom is -0.396 e. The molecule has 3 nitrogen and oxygen atoms in total. The Morgan fingerprint density at radius 3 is 2.20 bits per heavy atom. The number of nitrogens with two attached hydrogens (primary N) is 1. The zero-order valence-electron chi connectivity index (χ0n) is 12.6. The van der Waals surface area contributed by atoms with Gasteiger partial charge in [-0.1, -0.05) is 0 Å². The van der Waals surface area contributed by atoms with E-state index in [1.54, 1.807) is 0 Å². The van der Waals surface area contributed by atoms with Crippen LogP contribution >= 0.6 is 0 Å². The lowest BCUT2D eigenvalue weighted by molar-refractivity contribution is -0.00224. The molecular formula is C17H25N3. The van der Waals surface area contributed by atoms with Gasteiger partial charge < -0.3 is 10.6 Å². The lowest BCUT2D eigenvalue weighted by Gasteiger charge is -2.60. The van der Waals surface area contributed by atoms with Crippen molar-refractivity contribution in [3.8, 4) is 0 Å². The molecule has 4 aliphatic rings. The van der Waals surface area contributed by atoms with Gasteiger partial charge in [-0.2, -0.15) is 0 Å². The summed E-state index contributed by atoms with van der Waals surface area (Å²) in [5.41, 5.74) is 8.43. The number of pyridine rings is 1. The maximum absolute atomic E-state index is 6.20. The van der Waals surface area contributed by atoms with Crippen LogP contribution in [-0.2, 0) is 0 Å². The van der Waals surface area contributed by atoms with Crippen LogP contribution in [0.5, 0.6) is 0 Å². The molecule has 0 atom stereocenters. The maximum atomic E-state index is 6.20. The summed E-state index contributed by atoms with van der Waals surface area (Å²) in [6.45, 7) is 2.05. The van der Waals surface area contributed by atoms with Crippen molar-refractivity contribution in [1.29, 1.82) is 0 Å². The van der Waals surface area contributed by atoms with E-state index in [1.165, 1.54) is 38.5 Å². The van der Waals surface area contributed by atoms with Crippen LogP contribution in [0, 0.1) is 24.7 Å². The van der Waals surface area contributed by atoms with Gasteiger partial charge in [0.15, 0.2) is 5.82 Å². The van der Waals surface area contributed by atoms with Gasteiger partial charge in [-0.3, -0.25) is 0 Å². The molecule has 4 bridgehead atoms. The number of aromatic nitrogens is 1. The van der Waals surface area contributed by atoms with E-state index in [-0.39, 0.29) is 0 Å². The number of nitrogen functional groups attached to an aromatic ring is 1. The van der Waals surface area contributed by atoms with Crippen LogP contribution in [0.4, 0.5) is 11.5 Å². The zero-order valence-corrected chi connectivity index (χ0v) is 12.6. The highest BCUT2D eigenvalue weighted by atomic mass is 15.2. The number of hydrogen-bond donors (Lipinski definition) is 1. The molecule has 4 fully saturated rings. The fraction of sp³-hybridized carbons (Fsp3) is 0.706. The van der Waals surface area contributed by atoms with E-state index < -0.39 is 0 Å². The Kier molecular flexibility index (Phi) is 2.57. The summed E-state index contributed by atoms with van der Waals surface area (Å²) in [6.07, 6.45) is 8.48. The normalized spacial score (nSPS) is 38.2. The predicted molar refractivity (Wildman–Crippen MR) is 82.7 cm³/mol. The second kappa shape index (κ2) is 4.12. The van der Waals surface area contributed by atoms with Crippen molar-refractivity contribution < 1.29 is 0 Å². The van der Waals surface area contributed by atoms with E-state index in [9.17, 15) is 0 Å². The maximum Gasteiger partial charge on any atom is 0.152 e. The first-order valence-corrected chi connectivity index (χ1v) is 8.03. The summed E-state index contributed by atoms with van der Waals surface area (Å²) in [7, 11) is 2.23. The molecule has 3 heteroatoms. The van der Waals surface area contributed by atoms with Crippen LogP contribution in [0.1, 0.15) is 44.2 Å². The monoisotopic (exact) mass is 271 g/mol. The van der Waals surface area contributed by atoms with E-state index in [2.05, 4.69) is 18.9 Å². The number of hydrogen-bond acceptors (Lipinski definition) is 3. The molecule has 20 heavy (non-hydrogen) atoms. The van der Waals surface area contributed by atoms with E-state index in [0.717, 1.165) is 35.0 Å². The van der Waals surface area contributed by atoms with Crippen LogP contribution in [0.25, 0.3) is 0 Å². The number of nitrogens with zero attached hydrogens (tertiary/aromatic N) is 2. The Morgan fingerprint density at radius 1 is 1.10 bits per heavy atom. The van der Waals surface area contributed by atoms with Crippen LogP contribution < -0.4 is 10.6 Å². The Morgan fingerprint density at radius 2 is 1.65 bits per heavy atom. The first-order valence-electron chi connectivity index (χ1n) is 8.03. The zero-order chi connectivity index (χ0) is 13.9. The summed E-state index contributed by atoms with van der Waals surface area (Å²) < 4.78 is 0. The van der Waals surface area contributed by atoms with Crippen molar-refractivity contribution >= 4 is 11.5 Å². The van der Waals surface area contributed by atoms with Gasteiger partial charge in [0.2, 0.25) is 0 Å². The van der Waals surface area contributed by atoms with Crippen molar-refractivity contribution in [3.63, 3.8) is 0 Å². The Labute approximate surface area is 121 Å². The summed E-state index contributed by atoms with van der Waals surface area (Å²) in [5.74, 6) is 3.87. The first-order chi connectivity index (χ1) is 9.56. The summed E-state index contributed by atoms with van der Waals surface area (Å²) in [5, 5.41) is 0. The third-order valence-electron chi connectivity index (χ3n) is 6.08. The standard InChI is InChI=1S/C17H25N3/c1-11-3-4-15(18)16(19-11)20(2)17-8-12-5-13(9-17)7-14(6-12)10-17/h3-4,12-14H,5-10,18H2,1-2H3. The van der Waals surface area contributed by atoms with Gasteiger partial charge in [-0.15, -0.1) is 0 Å². The van der Waals surface area contributed by atoms with Crippen LogP contribution in [0.3, 0.4) is 0 Å². The molecule has 0 amide bonds. The molecule has 0 spiro atoms. The molecule has 1 aromatic rings. The third kappa shape index (κ3) is 1.75. The quantitative estimate of drug-likeness (QED) is 0.896. The Balaban J connectivity index is 1.71. The lowest BCUT2D eigenvalue weighted by Crippen LogP contribution is -2.59. The molecule has 1 aromatic heterocycles. The van der Waals surface area contributed by atoms with Gasteiger partial charge in [0, 0.05) is 18.3 Å². The summed E-state index contributed by atoms with van der Waals surface area (Å²) >= 11 is 0. The van der Waals surface area contributed by atoms with Gasteiger partial charge in [-0.25, -0.2) is 4.98 Å². The van der Waals surface area contributed by atoms with Gasteiger partial charge in [0.05, 0.1) is 5.69 Å². The largest absolute Gasteiger partial charge is 0.396 e. The van der Waals surface area contributed by atoms with E-state index >= 15 is 0 Å². The molecule has 0 radical (unpaired) electrons. The molecule has 1 heterocycles. The second-order valence-electron chi connectivity index (χ2n) is 7.57. The summed E-state index contributed by atoms with van der Waals surface area (Å²) in [4.78, 5) is 7.18. The fourth-order valence-electron chi connectivity index (χ4n) is 5.52. The highest BCUT2D eigenvalue weighted by Crippen LogP contribution is 2.58. The van der Waals surface area contributed by atoms with Crippen LogP contribution in [0.15, 0.2) is 12.1 Å². The predicted octanol–water partition coefficient (Wildman–Crippen LogP) is 3.38. The van der Waals surface area contributed by atoms with Crippen LogP contribution in [0.2, 0.25) is 0 Å². The fourth-order valence-corrected chi connectivity index (χ4v) is 5.52. The van der Waals surface area contributed by atoms with Gasteiger partial charge in [-0.05, 0) is 75.3 Å². The number of aryl methyl sites for hydroxylation is 1. The highest BCUT2D eigenvalue weighted by molar-refractivity contribution is 5.64. The van der Waals surface area contributed by atoms with E-state index in [1.807, 2.05) is 12.1 Å². The molecule has 2 N–H and O–H groups in total. The van der Waals surface area contributed by atoms with Gasteiger partial charge in [0.25, 0.3) is 0 Å². The molecule has 0 saturated heterocycles. The number of anilines is 2. The average Bonchev–Trinajstić information content (AvgIpc) is 2.39. The topological polar surface area (TPSA) is 42.1 Å². The molecule has 4 saturated carbocycles. The second-order valence-corrected chi connectivity index (χ2v) is 7.57. The van der Waals surface area contributed by atoms with E-state index in [0.29, 0.717) is 5.54 Å². The third-order valence-corrected chi connectivity index (χ3v) is 6.08. The molecule has 0 aromatic carbocycles. The van der Waals surface area contributed by atoms with Gasteiger partial charge >= 0.3 is 0 Å². The smallest absolute Gasteiger partial charge is 0.152 e. The molecule has 5 rings (SSSR count). The highest BCUT2D eigenvalue weighted by Gasteiger charge is 2.53.